The molecule has 0 unspecified atom stereocenters. The van der Waals surface area contributed by atoms with Crippen LogP contribution in [0.25, 0.3) is 0 Å². The highest BCUT2D eigenvalue weighted by Crippen LogP contribution is 2.23. The van der Waals surface area contributed by atoms with Gasteiger partial charge in [0.2, 0.25) is 0 Å². The zero-order valence-electron chi connectivity index (χ0n) is 15.6. The first-order valence-corrected chi connectivity index (χ1v) is 8.75. The van der Waals surface area contributed by atoms with Gasteiger partial charge in [0.15, 0.2) is 0 Å². The van der Waals surface area contributed by atoms with Crippen molar-refractivity contribution in [2.24, 2.45) is 0 Å². The van der Waals surface area contributed by atoms with Gasteiger partial charge in [-0.15, -0.1) is 0 Å². The summed E-state index contributed by atoms with van der Waals surface area (Å²) in [5, 5.41) is 0. The molecule has 134 valence electrons. The van der Waals surface area contributed by atoms with Gasteiger partial charge in [-0.2, -0.15) is 0 Å². The Morgan fingerprint density at radius 3 is 1.62 bits per heavy atom. The molecular formula is C23H25NO2. The van der Waals surface area contributed by atoms with Gasteiger partial charge >= 0.3 is 0 Å². The van der Waals surface area contributed by atoms with E-state index in [1.54, 1.807) is 14.2 Å². The Kier molecular flexibility index (Phi) is 5.80. The molecule has 0 atom stereocenters. The molecule has 0 saturated heterocycles. The van der Waals surface area contributed by atoms with Crippen LogP contribution < -0.4 is 14.4 Å². The van der Waals surface area contributed by atoms with Crippen molar-refractivity contribution in [1.29, 1.82) is 0 Å². The molecule has 26 heavy (non-hydrogen) atoms. The maximum Gasteiger partial charge on any atom is 0.118 e. The van der Waals surface area contributed by atoms with Crippen LogP contribution >= 0.6 is 0 Å². The number of ether oxygens (including phenoxy) is 2. The summed E-state index contributed by atoms with van der Waals surface area (Å²) in [6.45, 7) is 3.79. The fourth-order valence-corrected chi connectivity index (χ4v) is 2.97. The molecule has 0 aromatic heterocycles. The number of nitrogens with zero attached hydrogens (tertiary/aromatic N) is 1. The van der Waals surface area contributed by atoms with Gasteiger partial charge < -0.3 is 14.4 Å². The fourth-order valence-electron chi connectivity index (χ4n) is 2.97. The van der Waals surface area contributed by atoms with E-state index in [9.17, 15) is 0 Å². The van der Waals surface area contributed by atoms with E-state index < -0.39 is 0 Å². The van der Waals surface area contributed by atoms with E-state index in [2.05, 4.69) is 60.4 Å². The zero-order chi connectivity index (χ0) is 18.4. The van der Waals surface area contributed by atoms with E-state index in [0.29, 0.717) is 0 Å². The van der Waals surface area contributed by atoms with Crippen molar-refractivity contribution >= 4 is 5.69 Å². The minimum atomic E-state index is 0.833. The van der Waals surface area contributed by atoms with Crippen molar-refractivity contribution in [3.05, 3.63) is 89.5 Å². The van der Waals surface area contributed by atoms with Gasteiger partial charge in [-0.25, -0.2) is 0 Å². The monoisotopic (exact) mass is 347 g/mol. The van der Waals surface area contributed by atoms with Gasteiger partial charge in [-0.1, -0.05) is 36.4 Å². The molecule has 0 aliphatic heterocycles. The summed E-state index contributed by atoms with van der Waals surface area (Å²) in [6.07, 6.45) is 0. The highest BCUT2D eigenvalue weighted by Gasteiger charge is 2.09. The standard InChI is InChI=1S/C23H25NO2/c1-18-5-4-6-21(15-18)24(16-19-7-11-22(25-2)12-8-19)17-20-9-13-23(26-3)14-10-20/h4-15H,16-17H2,1-3H3. The third-order valence-corrected chi connectivity index (χ3v) is 4.43. The van der Waals surface area contributed by atoms with Crippen LogP contribution in [0.15, 0.2) is 72.8 Å². The van der Waals surface area contributed by atoms with Crippen LogP contribution in [0.1, 0.15) is 16.7 Å². The average Bonchev–Trinajstić information content (AvgIpc) is 2.68. The maximum absolute atomic E-state index is 5.27. The molecule has 3 nitrogen and oxygen atoms in total. The largest absolute Gasteiger partial charge is 0.497 e. The van der Waals surface area contributed by atoms with Crippen LogP contribution in [0, 0.1) is 6.92 Å². The third kappa shape index (κ3) is 4.57. The molecule has 3 heteroatoms. The predicted molar refractivity (Wildman–Crippen MR) is 107 cm³/mol. The first kappa shape index (κ1) is 17.9. The van der Waals surface area contributed by atoms with Gasteiger partial charge in [-0.3, -0.25) is 0 Å². The number of methoxy groups -OCH3 is 2. The second-order valence-corrected chi connectivity index (χ2v) is 6.39. The second kappa shape index (κ2) is 8.43. The van der Waals surface area contributed by atoms with Crippen LogP contribution in [-0.4, -0.2) is 14.2 Å². The molecular weight excluding hydrogens is 322 g/mol. The molecule has 0 bridgehead atoms. The van der Waals surface area contributed by atoms with Crippen molar-refractivity contribution in [3.8, 4) is 11.5 Å². The Morgan fingerprint density at radius 1 is 0.692 bits per heavy atom. The van der Waals surface area contributed by atoms with Gasteiger partial charge in [0, 0.05) is 18.8 Å². The molecule has 0 fully saturated rings. The van der Waals surface area contributed by atoms with Crippen LogP contribution in [0.3, 0.4) is 0 Å². The van der Waals surface area contributed by atoms with Crippen molar-refractivity contribution in [3.63, 3.8) is 0 Å². The van der Waals surface area contributed by atoms with E-state index >= 15 is 0 Å². The highest BCUT2D eigenvalue weighted by molar-refractivity contribution is 5.50. The second-order valence-electron chi connectivity index (χ2n) is 6.39. The quantitative estimate of drug-likeness (QED) is 0.585. The van der Waals surface area contributed by atoms with Crippen LogP contribution in [-0.2, 0) is 13.1 Å². The lowest BCUT2D eigenvalue weighted by Gasteiger charge is -2.26. The van der Waals surface area contributed by atoms with Crippen molar-refractivity contribution in [1.82, 2.24) is 0 Å². The number of hydrogen-bond donors (Lipinski definition) is 0. The first-order chi connectivity index (χ1) is 12.7. The molecule has 0 saturated carbocycles. The molecule has 0 heterocycles. The molecule has 3 aromatic carbocycles. The lowest BCUT2D eigenvalue weighted by Crippen LogP contribution is -2.22. The van der Waals surface area contributed by atoms with Crippen LogP contribution in [0.4, 0.5) is 5.69 Å². The van der Waals surface area contributed by atoms with Gasteiger partial charge in [-0.05, 0) is 60.0 Å². The topological polar surface area (TPSA) is 21.7 Å². The summed E-state index contributed by atoms with van der Waals surface area (Å²) >= 11 is 0. The number of benzene rings is 3. The van der Waals surface area contributed by atoms with E-state index in [0.717, 1.165) is 24.6 Å². The zero-order valence-corrected chi connectivity index (χ0v) is 15.6. The molecule has 0 N–H and O–H groups in total. The minimum absolute atomic E-state index is 0.833. The maximum atomic E-state index is 5.27. The van der Waals surface area contributed by atoms with Crippen LogP contribution in [0.2, 0.25) is 0 Å². The third-order valence-electron chi connectivity index (χ3n) is 4.43. The highest BCUT2D eigenvalue weighted by atomic mass is 16.5. The van der Waals surface area contributed by atoms with Gasteiger partial charge in [0.05, 0.1) is 14.2 Å². The number of hydrogen-bond acceptors (Lipinski definition) is 3. The Hall–Kier alpha value is -2.94. The number of aryl methyl sites for hydroxylation is 1. The molecule has 0 spiro atoms. The Labute approximate surface area is 155 Å². The van der Waals surface area contributed by atoms with Crippen molar-refractivity contribution in [2.45, 2.75) is 20.0 Å². The van der Waals surface area contributed by atoms with Gasteiger partial charge in [0.25, 0.3) is 0 Å². The minimum Gasteiger partial charge on any atom is -0.497 e. The molecule has 3 aromatic rings. The van der Waals surface area contributed by atoms with E-state index in [4.69, 9.17) is 9.47 Å². The molecule has 0 aliphatic rings. The van der Waals surface area contributed by atoms with Crippen molar-refractivity contribution < 1.29 is 9.47 Å². The van der Waals surface area contributed by atoms with Crippen molar-refractivity contribution in [2.75, 3.05) is 19.1 Å². The smallest absolute Gasteiger partial charge is 0.118 e. The molecule has 0 radical (unpaired) electrons. The first-order valence-electron chi connectivity index (χ1n) is 8.75. The lowest BCUT2D eigenvalue weighted by molar-refractivity contribution is 0.414. The molecule has 0 amide bonds. The number of rotatable bonds is 7. The summed E-state index contributed by atoms with van der Waals surface area (Å²) < 4.78 is 10.5. The van der Waals surface area contributed by atoms with Gasteiger partial charge in [0.1, 0.15) is 11.5 Å². The molecule has 3 rings (SSSR count). The Morgan fingerprint density at radius 2 is 1.19 bits per heavy atom. The normalized spacial score (nSPS) is 10.4. The fraction of sp³-hybridized carbons (Fsp3) is 0.217. The predicted octanol–water partition coefficient (Wildman–Crippen LogP) is 5.22. The average molecular weight is 347 g/mol. The molecule has 0 aliphatic carbocycles. The number of anilines is 1. The lowest BCUT2D eigenvalue weighted by atomic mass is 10.1. The van der Waals surface area contributed by atoms with Crippen LogP contribution in [0.5, 0.6) is 11.5 Å². The van der Waals surface area contributed by atoms with E-state index in [-0.39, 0.29) is 0 Å². The summed E-state index contributed by atoms with van der Waals surface area (Å²) in [6, 6.07) is 25.2. The van der Waals surface area contributed by atoms with E-state index in [1.165, 1.54) is 22.4 Å². The Bertz CT molecular complexity index is 776. The SMILES string of the molecule is COc1ccc(CN(Cc2ccc(OC)cc2)c2cccc(C)c2)cc1. The summed E-state index contributed by atoms with van der Waals surface area (Å²) in [7, 11) is 3.38. The summed E-state index contributed by atoms with van der Waals surface area (Å²) in [5.74, 6) is 1.76. The summed E-state index contributed by atoms with van der Waals surface area (Å²) in [4.78, 5) is 2.39. The Balaban J connectivity index is 1.84. The summed E-state index contributed by atoms with van der Waals surface area (Å²) in [5.41, 5.74) is 4.98. The van der Waals surface area contributed by atoms with E-state index in [1.807, 2.05) is 24.3 Å².